The average molecular weight is 274 g/mol. The van der Waals surface area contributed by atoms with Crippen molar-refractivity contribution in [2.75, 3.05) is 19.6 Å². The molecule has 106 valence electrons. The fraction of sp³-hybridized carbons (Fsp3) is 0.467. The molecule has 5 heteroatoms. The van der Waals surface area contributed by atoms with E-state index in [0.717, 1.165) is 48.5 Å². The Balaban J connectivity index is 1.71. The molecule has 0 saturated carbocycles. The highest BCUT2D eigenvalue weighted by Crippen LogP contribution is 2.30. The lowest BCUT2D eigenvalue weighted by Gasteiger charge is -2.28. The highest BCUT2D eigenvalue weighted by molar-refractivity contribution is 5.73. The molecular formula is C15H18N2O3. The number of aryl methyl sites for hydroxylation is 1. The van der Waals surface area contributed by atoms with Gasteiger partial charge in [0, 0.05) is 5.92 Å². The second-order valence-corrected chi connectivity index (χ2v) is 5.47. The smallest absolute Gasteiger partial charge is 0.317 e. The number of fused-ring (bicyclic) bond motifs is 1. The first kappa shape index (κ1) is 13.1. The minimum atomic E-state index is -0.763. The fourth-order valence-corrected chi connectivity index (χ4v) is 2.75. The first-order chi connectivity index (χ1) is 9.61. The summed E-state index contributed by atoms with van der Waals surface area (Å²) in [4.78, 5) is 17.2. The molecule has 3 rings (SSSR count). The van der Waals surface area contributed by atoms with E-state index < -0.39 is 5.97 Å². The number of benzene rings is 1. The molecule has 20 heavy (non-hydrogen) atoms. The van der Waals surface area contributed by atoms with Crippen LogP contribution in [0.3, 0.4) is 0 Å². The summed E-state index contributed by atoms with van der Waals surface area (Å²) in [6.07, 6.45) is 1.80. The predicted molar refractivity (Wildman–Crippen MR) is 74.8 cm³/mol. The van der Waals surface area contributed by atoms with Gasteiger partial charge in [-0.05, 0) is 50.6 Å². The van der Waals surface area contributed by atoms with Crippen LogP contribution in [0.2, 0.25) is 0 Å². The Kier molecular flexibility index (Phi) is 3.44. The van der Waals surface area contributed by atoms with Gasteiger partial charge in [-0.15, -0.1) is 0 Å². The fourth-order valence-electron chi connectivity index (χ4n) is 2.75. The molecule has 2 aromatic rings. The molecular weight excluding hydrogens is 256 g/mol. The van der Waals surface area contributed by atoms with Gasteiger partial charge >= 0.3 is 5.97 Å². The average Bonchev–Trinajstić information content (AvgIpc) is 2.81. The van der Waals surface area contributed by atoms with E-state index >= 15 is 0 Å². The lowest BCUT2D eigenvalue weighted by Crippen LogP contribution is -2.36. The Morgan fingerprint density at radius 1 is 1.45 bits per heavy atom. The van der Waals surface area contributed by atoms with Crippen molar-refractivity contribution < 1.29 is 14.3 Å². The van der Waals surface area contributed by atoms with E-state index in [1.165, 1.54) is 0 Å². The molecule has 0 unspecified atom stereocenters. The number of carboxylic acids is 1. The van der Waals surface area contributed by atoms with Crippen molar-refractivity contribution in [3.05, 3.63) is 29.7 Å². The monoisotopic (exact) mass is 274 g/mol. The summed E-state index contributed by atoms with van der Waals surface area (Å²) in [6, 6.07) is 6.02. The van der Waals surface area contributed by atoms with Crippen molar-refractivity contribution in [2.24, 2.45) is 0 Å². The molecule has 5 nitrogen and oxygen atoms in total. The van der Waals surface area contributed by atoms with Crippen molar-refractivity contribution in [1.82, 2.24) is 9.88 Å². The molecule has 2 heterocycles. The van der Waals surface area contributed by atoms with Crippen LogP contribution in [0.25, 0.3) is 11.1 Å². The first-order valence-corrected chi connectivity index (χ1v) is 6.93. The number of carbonyl (C=O) groups is 1. The SMILES string of the molecule is Cc1ccc2nc(C3CCN(CC(=O)O)CC3)oc2c1. The van der Waals surface area contributed by atoms with Gasteiger partial charge in [0.05, 0.1) is 6.54 Å². The Hall–Kier alpha value is -1.88. The zero-order chi connectivity index (χ0) is 14.1. The molecule has 0 aliphatic carbocycles. The van der Waals surface area contributed by atoms with Crippen LogP contribution in [0.4, 0.5) is 0 Å². The van der Waals surface area contributed by atoms with Crippen LogP contribution in [-0.2, 0) is 4.79 Å². The molecule has 1 saturated heterocycles. The normalized spacial score (nSPS) is 17.6. The number of rotatable bonds is 3. The number of piperidine rings is 1. The Labute approximate surface area is 117 Å². The maximum absolute atomic E-state index is 10.7. The lowest BCUT2D eigenvalue weighted by atomic mass is 9.97. The van der Waals surface area contributed by atoms with Crippen LogP contribution in [0.1, 0.15) is 30.2 Å². The summed E-state index contributed by atoms with van der Waals surface area (Å²) in [5, 5.41) is 8.80. The number of hydrogen-bond acceptors (Lipinski definition) is 4. The molecule has 0 radical (unpaired) electrons. The van der Waals surface area contributed by atoms with Gasteiger partial charge in [0.1, 0.15) is 5.52 Å². The number of hydrogen-bond donors (Lipinski definition) is 1. The third kappa shape index (κ3) is 2.67. The van der Waals surface area contributed by atoms with Crippen molar-refractivity contribution in [3.8, 4) is 0 Å². The molecule has 0 spiro atoms. The standard InChI is InChI=1S/C15H18N2O3/c1-10-2-3-12-13(8-10)20-15(16-12)11-4-6-17(7-5-11)9-14(18)19/h2-3,8,11H,4-7,9H2,1H3,(H,18,19). The summed E-state index contributed by atoms with van der Waals surface area (Å²) in [5.74, 6) is 0.328. The molecule has 1 N–H and O–H groups in total. The van der Waals surface area contributed by atoms with Crippen molar-refractivity contribution in [2.45, 2.75) is 25.7 Å². The van der Waals surface area contributed by atoms with Gasteiger partial charge in [-0.3, -0.25) is 9.69 Å². The van der Waals surface area contributed by atoms with E-state index in [-0.39, 0.29) is 6.54 Å². The van der Waals surface area contributed by atoms with E-state index in [0.29, 0.717) is 5.92 Å². The lowest BCUT2D eigenvalue weighted by molar-refractivity contribution is -0.138. The zero-order valence-corrected chi connectivity index (χ0v) is 11.5. The van der Waals surface area contributed by atoms with Crippen LogP contribution < -0.4 is 0 Å². The third-order valence-corrected chi connectivity index (χ3v) is 3.86. The van der Waals surface area contributed by atoms with Gasteiger partial charge in [0.25, 0.3) is 0 Å². The third-order valence-electron chi connectivity index (χ3n) is 3.86. The molecule has 0 bridgehead atoms. The van der Waals surface area contributed by atoms with Gasteiger partial charge in [-0.2, -0.15) is 0 Å². The number of oxazole rings is 1. The quantitative estimate of drug-likeness (QED) is 0.931. The van der Waals surface area contributed by atoms with Crippen LogP contribution in [0.5, 0.6) is 0 Å². The molecule has 1 aromatic heterocycles. The minimum Gasteiger partial charge on any atom is -0.480 e. The van der Waals surface area contributed by atoms with Crippen LogP contribution >= 0.6 is 0 Å². The van der Waals surface area contributed by atoms with Crippen LogP contribution in [-0.4, -0.2) is 40.6 Å². The molecule has 1 aromatic carbocycles. The van der Waals surface area contributed by atoms with E-state index in [9.17, 15) is 4.79 Å². The highest BCUT2D eigenvalue weighted by atomic mass is 16.4. The number of aromatic nitrogens is 1. The maximum atomic E-state index is 10.7. The van der Waals surface area contributed by atoms with Gasteiger partial charge in [0.2, 0.25) is 0 Å². The first-order valence-electron chi connectivity index (χ1n) is 6.93. The number of likely N-dealkylation sites (tertiary alicyclic amines) is 1. The topological polar surface area (TPSA) is 66.6 Å². The van der Waals surface area contributed by atoms with E-state index in [1.807, 2.05) is 30.0 Å². The Morgan fingerprint density at radius 2 is 2.20 bits per heavy atom. The molecule has 1 aliphatic rings. The van der Waals surface area contributed by atoms with Crippen molar-refractivity contribution in [3.63, 3.8) is 0 Å². The highest BCUT2D eigenvalue weighted by Gasteiger charge is 2.25. The van der Waals surface area contributed by atoms with Crippen LogP contribution in [0.15, 0.2) is 22.6 Å². The van der Waals surface area contributed by atoms with Gasteiger partial charge in [-0.25, -0.2) is 4.98 Å². The van der Waals surface area contributed by atoms with Crippen molar-refractivity contribution >= 4 is 17.1 Å². The molecule has 0 amide bonds. The summed E-state index contributed by atoms with van der Waals surface area (Å²) < 4.78 is 5.86. The predicted octanol–water partition coefficient (Wildman–Crippen LogP) is 2.40. The maximum Gasteiger partial charge on any atom is 0.317 e. The van der Waals surface area contributed by atoms with Gasteiger partial charge in [0.15, 0.2) is 11.5 Å². The van der Waals surface area contributed by atoms with Crippen LogP contribution in [0, 0.1) is 6.92 Å². The summed E-state index contributed by atoms with van der Waals surface area (Å²) in [6.45, 7) is 3.73. The number of nitrogens with zero attached hydrogens (tertiary/aromatic N) is 2. The van der Waals surface area contributed by atoms with Gasteiger partial charge in [-0.1, -0.05) is 6.07 Å². The Morgan fingerprint density at radius 3 is 2.90 bits per heavy atom. The molecule has 0 atom stereocenters. The minimum absolute atomic E-state index is 0.124. The summed E-state index contributed by atoms with van der Waals surface area (Å²) in [7, 11) is 0. The second-order valence-electron chi connectivity index (χ2n) is 5.47. The van der Waals surface area contributed by atoms with E-state index in [2.05, 4.69) is 4.98 Å². The molecule has 1 aliphatic heterocycles. The molecule has 1 fully saturated rings. The van der Waals surface area contributed by atoms with Gasteiger partial charge < -0.3 is 9.52 Å². The number of carboxylic acid groups (broad SMARTS) is 1. The Bertz CT molecular complexity index is 627. The summed E-state index contributed by atoms with van der Waals surface area (Å²) in [5.41, 5.74) is 2.91. The number of aliphatic carboxylic acids is 1. The summed E-state index contributed by atoms with van der Waals surface area (Å²) >= 11 is 0. The van der Waals surface area contributed by atoms with E-state index in [4.69, 9.17) is 9.52 Å². The van der Waals surface area contributed by atoms with Crippen molar-refractivity contribution in [1.29, 1.82) is 0 Å². The van der Waals surface area contributed by atoms with E-state index in [1.54, 1.807) is 0 Å². The largest absolute Gasteiger partial charge is 0.480 e. The second kappa shape index (κ2) is 5.25. The zero-order valence-electron chi connectivity index (χ0n) is 11.5.